The highest BCUT2D eigenvalue weighted by molar-refractivity contribution is 5.73. The molecule has 1 atom stereocenters. The summed E-state index contributed by atoms with van der Waals surface area (Å²) in [6, 6.07) is 5.37. The van der Waals surface area contributed by atoms with Gasteiger partial charge in [0.1, 0.15) is 12.4 Å². The molecule has 0 bridgehead atoms. The molecule has 0 saturated heterocycles. The van der Waals surface area contributed by atoms with Crippen molar-refractivity contribution in [3.63, 3.8) is 0 Å². The van der Waals surface area contributed by atoms with E-state index >= 15 is 0 Å². The summed E-state index contributed by atoms with van der Waals surface area (Å²) in [4.78, 5) is 25.7. The number of rotatable bonds is 4. The smallest absolute Gasteiger partial charge is 0.330 e. The van der Waals surface area contributed by atoms with Crippen LogP contribution in [0, 0.1) is 10.1 Å². The molecule has 1 aromatic carbocycles. The number of ether oxygens (including phenoxy) is 1. The monoisotopic (exact) mass is 276 g/mol. The first-order valence-corrected chi connectivity index (χ1v) is 5.76. The van der Waals surface area contributed by atoms with Crippen LogP contribution in [0.3, 0.4) is 0 Å². The Morgan fingerprint density at radius 3 is 2.90 bits per heavy atom. The van der Waals surface area contributed by atoms with Crippen molar-refractivity contribution in [1.82, 2.24) is 14.8 Å². The lowest BCUT2D eigenvalue weighted by Gasteiger charge is -2.07. The van der Waals surface area contributed by atoms with Gasteiger partial charge in [0.05, 0.1) is 12.0 Å². The van der Waals surface area contributed by atoms with E-state index in [0.717, 1.165) is 0 Å². The van der Waals surface area contributed by atoms with Gasteiger partial charge in [0, 0.05) is 17.7 Å². The van der Waals surface area contributed by atoms with Crippen LogP contribution in [0.2, 0.25) is 0 Å². The fourth-order valence-corrected chi connectivity index (χ4v) is 1.63. The number of nitro benzene ring substituents is 1. The molecule has 8 heteroatoms. The van der Waals surface area contributed by atoms with Gasteiger partial charge in [-0.3, -0.25) is 10.1 Å². The van der Waals surface area contributed by atoms with Crippen molar-refractivity contribution in [1.29, 1.82) is 0 Å². The Hall–Kier alpha value is -2.77. The summed E-state index contributed by atoms with van der Waals surface area (Å²) < 4.78 is 5.96. The van der Waals surface area contributed by atoms with Crippen molar-refractivity contribution in [2.24, 2.45) is 0 Å². The fourth-order valence-electron chi connectivity index (χ4n) is 1.63. The van der Waals surface area contributed by atoms with Crippen LogP contribution in [0.4, 0.5) is 5.69 Å². The third kappa shape index (κ3) is 2.63. The number of nitro groups is 1. The first-order chi connectivity index (χ1) is 9.52. The van der Waals surface area contributed by atoms with Crippen molar-refractivity contribution in [3.05, 3.63) is 40.7 Å². The summed E-state index contributed by atoms with van der Waals surface area (Å²) in [5.74, 6) is -0.134. The van der Waals surface area contributed by atoms with E-state index in [1.54, 1.807) is 19.1 Å². The number of esters is 1. The van der Waals surface area contributed by atoms with E-state index in [4.69, 9.17) is 0 Å². The normalized spacial score (nSPS) is 11.9. The first kappa shape index (κ1) is 13.7. The second-order valence-corrected chi connectivity index (χ2v) is 4.05. The molecular weight excluding hydrogens is 264 g/mol. The zero-order valence-electron chi connectivity index (χ0n) is 10.9. The van der Waals surface area contributed by atoms with Crippen LogP contribution < -0.4 is 0 Å². The second-order valence-electron chi connectivity index (χ2n) is 4.05. The number of carbonyl (C=O) groups excluding carboxylic acids is 1. The molecule has 20 heavy (non-hydrogen) atoms. The van der Waals surface area contributed by atoms with Crippen LogP contribution in [0.15, 0.2) is 30.6 Å². The van der Waals surface area contributed by atoms with Crippen LogP contribution in [0.1, 0.15) is 13.0 Å². The molecule has 0 aliphatic carbocycles. The highest BCUT2D eigenvalue weighted by Gasteiger charge is 2.18. The van der Waals surface area contributed by atoms with Crippen molar-refractivity contribution < 1.29 is 14.5 Å². The number of hydrogen-bond donors (Lipinski definition) is 0. The third-order valence-corrected chi connectivity index (χ3v) is 2.76. The van der Waals surface area contributed by atoms with Crippen molar-refractivity contribution >= 4 is 11.7 Å². The Kier molecular flexibility index (Phi) is 3.74. The minimum absolute atomic E-state index is 0.0418. The molecule has 0 spiro atoms. The minimum Gasteiger partial charge on any atom is -0.467 e. The lowest BCUT2D eigenvalue weighted by Crippen LogP contribution is -2.18. The molecule has 1 aromatic heterocycles. The summed E-state index contributed by atoms with van der Waals surface area (Å²) in [7, 11) is 1.29. The standard InChI is InChI=1S/C12H12N4O4/c1-8(12(17)20-2)15-7-13-11(14-15)9-4-3-5-10(6-9)16(18)19/h3-8H,1-2H3/t8-/m0/s1. The van der Waals surface area contributed by atoms with Gasteiger partial charge in [-0.2, -0.15) is 5.10 Å². The number of aromatic nitrogens is 3. The lowest BCUT2D eigenvalue weighted by atomic mass is 10.2. The average molecular weight is 276 g/mol. The number of hydrogen-bond acceptors (Lipinski definition) is 6. The first-order valence-electron chi connectivity index (χ1n) is 5.76. The lowest BCUT2D eigenvalue weighted by molar-refractivity contribution is -0.384. The number of carbonyl (C=O) groups is 1. The van der Waals surface area contributed by atoms with E-state index in [1.807, 2.05) is 0 Å². The quantitative estimate of drug-likeness (QED) is 0.477. The molecule has 0 radical (unpaired) electrons. The number of non-ortho nitro benzene ring substituents is 1. The Morgan fingerprint density at radius 1 is 1.50 bits per heavy atom. The average Bonchev–Trinajstić information content (AvgIpc) is 2.95. The maximum absolute atomic E-state index is 11.4. The van der Waals surface area contributed by atoms with E-state index < -0.39 is 16.9 Å². The van der Waals surface area contributed by atoms with Gasteiger partial charge in [0.2, 0.25) is 0 Å². The molecule has 104 valence electrons. The van der Waals surface area contributed by atoms with Crippen molar-refractivity contribution in [3.8, 4) is 11.4 Å². The van der Waals surface area contributed by atoms with Crippen molar-refractivity contribution in [2.45, 2.75) is 13.0 Å². The minimum atomic E-state index is -0.611. The highest BCUT2D eigenvalue weighted by atomic mass is 16.6. The zero-order valence-corrected chi connectivity index (χ0v) is 10.9. The molecular formula is C12H12N4O4. The van der Waals surface area contributed by atoms with Gasteiger partial charge in [0.25, 0.3) is 5.69 Å². The second kappa shape index (κ2) is 5.47. The Balaban J connectivity index is 2.31. The van der Waals surface area contributed by atoms with E-state index in [2.05, 4.69) is 14.8 Å². The molecule has 2 rings (SSSR count). The van der Waals surface area contributed by atoms with E-state index in [0.29, 0.717) is 11.4 Å². The molecule has 0 amide bonds. The van der Waals surface area contributed by atoms with Crippen LogP contribution in [-0.2, 0) is 9.53 Å². The van der Waals surface area contributed by atoms with E-state index in [-0.39, 0.29) is 5.69 Å². The molecule has 0 aliphatic rings. The topological polar surface area (TPSA) is 100 Å². The number of benzene rings is 1. The molecule has 0 N–H and O–H groups in total. The highest BCUT2D eigenvalue weighted by Crippen LogP contribution is 2.21. The predicted molar refractivity (Wildman–Crippen MR) is 68.8 cm³/mol. The molecule has 0 aliphatic heterocycles. The van der Waals surface area contributed by atoms with Gasteiger partial charge in [-0.15, -0.1) is 0 Å². The summed E-state index contributed by atoms with van der Waals surface area (Å²) in [5, 5.41) is 14.9. The molecule has 0 unspecified atom stereocenters. The van der Waals surface area contributed by atoms with Gasteiger partial charge in [0.15, 0.2) is 5.82 Å². The van der Waals surface area contributed by atoms with Crippen LogP contribution in [0.25, 0.3) is 11.4 Å². The zero-order chi connectivity index (χ0) is 14.7. The largest absolute Gasteiger partial charge is 0.467 e. The summed E-state index contributed by atoms with van der Waals surface area (Å²) in [6.07, 6.45) is 1.38. The van der Waals surface area contributed by atoms with Gasteiger partial charge >= 0.3 is 5.97 Å². The Morgan fingerprint density at radius 2 is 2.25 bits per heavy atom. The van der Waals surface area contributed by atoms with E-state index in [9.17, 15) is 14.9 Å². The number of nitrogens with zero attached hydrogens (tertiary/aromatic N) is 4. The SMILES string of the molecule is COC(=O)[C@H](C)n1cnc(-c2cccc([N+](=O)[O-])c2)n1. The molecule has 1 heterocycles. The van der Waals surface area contributed by atoms with Gasteiger partial charge in [-0.05, 0) is 6.92 Å². The predicted octanol–water partition coefficient (Wildman–Crippen LogP) is 1.59. The Labute approximate surface area is 114 Å². The van der Waals surface area contributed by atoms with Gasteiger partial charge in [-0.1, -0.05) is 12.1 Å². The van der Waals surface area contributed by atoms with Crippen molar-refractivity contribution in [2.75, 3.05) is 7.11 Å². The van der Waals surface area contributed by atoms with Crippen LogP contribution >= 0.6 is 0 Å². The van der Waals surface area contributed by atoms with Gasteiger partial charge in [-0.25, -0.2) is 14.5 Å². The molecule has 8 nitrogen and oxygen atoms in total. The fraction of sp³-hybridized carbons (Fsp3) is 0.250. The molecule has 0 fully saturated rings. The van der Waals surface area contributed by atoms with Gasteiger partial charge < -0.3 is 4.74 Å². The van der Waals surface area contributed by atoms with E-state index in [1.165, 1.54) is 30.3 Å². The molecule has 0 saturated carbocycles. The third-order valence-electron chi connectivity index (χ3n) is 2.76. The Bertz CT molecular complexity index is 652. The summed E-state index contributed by atoms with van der Waals surface area (Å²) in [6.45, 7) is 1.62. The van der Waals surface area contributed by atoms with Crippen LogP contribution in [-0.4, -0.2) is 32.8 Å². The van der Waals surface area contributed by atoms with Crippen LogP contribution in [0.5, 0.6) is 0 Å². The summed E-state index contributed by atoms with van der Waals surface area (Å²) in [5.41, 5.74) is 0.467. The molecule has 2 aromatic rings. The number of methoxy groups -OCH3 is 1. The maximum atomic E-state index is 11.4. The maximum Gasteiger partial charge on any atom is 0.330 e. The summed E-state index contributed by atoms with van der Waals surface area (Å²) >= 11 is 0.